The Morgan fingerprint density at radius 2 is 1.06 bits per heavy atom. The Bertz CT molecular complexity index is 2970. The van der Waals surface area contributed by atoms with E-state index >= 15 is 0 Å². The second kappa shape index (κ2) is 29.9. The molecule has 0 radical (unpaired) electrons. The summed E-state index contributed by atoms with van der Waals surface area (Å²) in [6.45, 7) is 0.431. The molecule has 6 aromatic carbocycles. The molecule has 0 unspecified atom stereocenters. The van der Waals surface area contributed by atoms with Crippen LogP contribution in [0.5, 0.6) is 11.5 Å². The predicted molar refractivity (Wildman–Crippen MR) is 273 cm³/mol. The van der Waals surface area contributed by atoms with Crippen molar-refractivity contribution in [2.45, 2.75) is 32.1 Å². The van der Waals surface area contributed by atoms with Gasteiger partial charge < -0.3 is 29.0 Å². The number of imidazole rings is 1. The topological polar surface area (TPSA) is 223 Å². The van der Waals surface area contributed by atoms with Gasteiger partial charge >= 0.3 is 17.6 Å². The minimum atomic E-state index is -0.978. The first-order valence-corrected chi connectivity index (χ1v) is 23.4. The zero-order chi connectivity index (χ0) is 52.7. The maximum absolute atomic E-state index is 13.2. The fraction of sp³-hybridized carbons (Fsp3) is 0.167. The van der Waals surface area contributed by atoms with Gasteiger partial charge in [-0.2, -0.15) is 0 Å². The van der Waals surface area contributed by atoms with Crippen LogP contribution in [0, 0.1) is 26.0 Å². The predicted octanol–water partition coefficient (Wildman–Crippen LogP) is 14.2. The van der Waals surface area contributed by atoms with E-state index in [9.17, 15) is 39.0 Å². The molecule has 0 spiro atoms. The van der Waals surface area contributed by atoms with Crippen LogP contribution in [-0.4, -0.2) is 62.3 Å². The standard InChI is InChI=1S/C18H15Cl2FN2O2.C15H11Cl2NO5.C8H8Cl2O.C7H4ClNO4/c19-12-2-1-11(14(20)9-12)7-8-25-18(24)6-5-17-22-15-4-3-13(21)10-16(15)23-17;16-11-2-1-10(14(17)9-11)7-8-22-15(19)23-13-5-3-12(4-6-13)18(20)21;9-7-2-1-6(3-4-11)8(10)5-7;8-7(10)13-6-3-1-5(2-4-6)9(11)12/h1-4,9-10H,5-8H2,(H,22,23);1-6,9H,7-8H2;1-2,5,11H,3-4H2;1-4H. The summed E-state index contributed by atoms with van der Waals surface area (Å²) < 4.78 is 32.6. The lowest BCUT2D eigenvalue weighted by atomic mass is 10.2. The Balaban J connectivity index is 0.000000220. The molecule has 0 bridgehead atoms. The van der Waals surface area contributed by atoms with E-state index < -0.39 is 21.4 Å². The number of aliphatic hydroxyl groups excluding tert-OH is 1. The van der Waals surface area contributed by atoms with Crippen molar-refractivity contribution in [1.82, 2.24) is 9.97 Å². The number of H-pyrrole nitrogens is 1. The number of esters is 1. The normalized spacial score (nSPS) is 10.3. The zero-order valence-electron chi connectivity index (χ0n) is 37.0. The maximum Gasteiger partial charge on any atom is 0.513 e. The number of nitro groups is 2. The Kier molecular flexibility index (Phi) is 24.2. The van der Waals surface area contributed by atoms with E-state index in [2.05, 4.69) is 14.7 Å². The molecule has 0 saturated carbocycles. The van der Waals surface area contributed by atoms with Gasteiger partial charge in [-0.15, -0.1) is 0 Å². The summed E-state index contributed by atoms with van der Waals surface area (Å²) in [4.78, 5) is 60.5. The Hall–Kier alpha value is -6.28. The van der Waals surface area contributed by atoms with Crippen molar-refractivity contribution in [3.05, 3.63) is 200 Å². The lowest BCUT2D eigenvalue weighted by Gasteiger charge is -2.07. The molecule has 0 amide bonds. The van der Waals surface area contributed by atoms with E-state index in [0.717, 1.165) is 16.7 Å². The third kappa shape index (κ3) is 20.8. The molecular weight excluding hydrogens is 1090 g/mol. The number of carbonyl (C=O) groups is 3. The van der Waals surface area contributed by atoms with Gasteiger partial charge in [0.15, 0.2) is 0 Å². The Morgan fingerprint density at radius 1 is 0.597 bits per heavy atom. The summed E-state index contributed by atoms with van der Waals surface area (Å²) in [5, 5.41) is 32.7. The van der Waals surface area contributed by atoms with Crippen LogP contribution in [0.2, 0.25) is 30.1 Å². The number of carbonyl (C=O) groups excluding carboxylic acids is 3. The molecule has 7 aromatic rings. The van der Waals surface area contributed by atoms with Crippen molar-refractivity contribution in [3.63, 3.8) is 0 Å². The highest BCUT2D eigenvalue weighted by Crippen LogP contribution is 2.25. The average Bonchev–Trinajstić information content (AvgIpc) is 3.73. The van der Waals surface area contributed by atoms with Gasteiger partial charge in [0.25, 0.3) is 11.4 Å². The van der Waals surface area contributed by atoms with Crippen LogP contribution in [0.15, 0.2) is 121 Å². The Morgan fingerprint density at radius 3 is 1.50 bits per heavy atom. The van der Waals surface area contributed by atoms with Crippen molar-refractivity contribution < 1.29 is 52.7 Å². The molecule has 0 atom stereocenters. The monoisotopic (exact) mass is 1130 g/mol. The van der Waals surface area contributed by atoms with Crippen LogP contribution in [0.25, 0.3) is 11.0 Å². The second-order valence-electron chi connectivity index (χ2n) is 14.3. The molecule has 0 aliphatic rings. The Labute approximate surface area is 444 Å². The van der Waals surface area contributed by atoms with Crippen LogP contribution < -0.4 is 9.47 Å². The summed E-state index contributed by atoms with van der Waals surface area (Å²) in [6, 6.07) is 29.9. The lowest BCUT2D eigenvalue weighted by Crippen LogP contribution is -2.12. The minimum Gasteiger partial charge on any atom is -0.465 e. The van der Waals surface area contributed by atoms with E-state index in [0.29, 0.717) is 72.7 Å². The molecule has 24 heteroatoms. The molecule has 1 aromatic heterocycles. The molecule has 1 heterocycles. The molecule has 72 heavy (non-hydrogen) atoms. The molecule has 0 saturated heterocycles. The van der Waals surface area contributed by atoms with E-state index in [1.807, 2.05) is 12.1 Å². The molecule has 7 rings (SSSR count). The third-order valence-electron chi connectivity index (χ3n) is 9.21. The maximum atomic E-state index is 13.2. The highest BCUT2D eigenvalue weighted by atomic mass is 35.5. The van der Waals surface area contributed by atoms with Crippen LogP contribution >= 0.6 is 81.2 Å². The van der Waals surface area contributed by atoms with Crippen LogP contribution in [0.4, 0.5) is 25.4 Å². The van der Waals surface area contributed by atoms with Gasteiger partial charge in [0, 0.05) is 91.9 Å². The lowest BCUT2D eigenvalue weighted by molar-refractivity contribution is -0.385. The first-order valence-electron chi connectivity index (χ1n) is 20.7. The number of hydrogen-bond donors (Lipinski definition) is 2. The number of nitro benzene ring substituents is 2. The molecule has 2 N–H and O–H groups in total. The van der Waals surface area contributed by atoms with Gasteiger partial charge in [-0.25, -0.2) is 19.0 Å². The number of hydrogen-bond acceptors (Lipinski definition) is 13. The van der Waals surface area contributed by atoms with Gasteiger partial charge in [0.05, 0.1) is 40.5 Å². The van der Waals surface area contributed by atoms with E-state index in [-0.39, 0.29) is 60.9 Å². The number of fused-ring (bicyclic) bond motifs is 1. The van der Waals surface area contributed by atoms with E-state index in [4.69, 9.17) is 101 Å². The van der Waals surface area contributed by atoms with Crippen LogP contribution in [0.3, 0.4) is 0 Å². The van der Waals surface area contributed by atoms with Gasteiger partial charge in [-0.3, -0.25) is 25.0 Å². The number of rotatable bonds is 15. The van der Waals surface area contributed by atoms with Crippen molar-refractivity contribution in [2.75, 3.05) is 19.8 Å². The molecule has 0 aliphatic heterocycles. The number of nitrogens with one attached hydrogen (secondary N) is 1. The third-order valence-corrected chi connectivity index (χ3v) is 11.0. The second-order valence-corrected chi connectivity index (χ2v) is 17.1. The number of nitrogens with zero attached hydrogens (tertiary/aromatic N) is 3. The van der Waals surface area contributed by atoms with Gasteiger partial charge in [-0.05, 0) is 102 Å². The molecule has 0 aliphatic carbocycles. The van der Waals surface area contributed by atoms with Crippen molar-refractivity contribution in [2.24, 2.45) is 0 Å². The number of non-ortho nitro benzene ring substituents is 2. The van der Waals surface area contributed by atoms with E-state index in [1.165, 1.54) is 60.7 Å². The highest BCUT2D eigenvalue weighted by Gasteiger charge is 2.12. The molecule has 16 nitrogen and oxygen atoms in total. The smallest absolute Gasteiger partial charge is 0.465 e. The van der Waals surface area contributed by atoms with Gasteiger partial charge in [0.2, 0.25) is 0 Å². The first kappa shape index (κ1) is 58.3. The fourth-order valence-electron chi connectivity index (χ4n) is 5.75. The average molecular weight is 1130 g/mol. The summed E-state index contributed by atoms with van der Waals surface area (Å²) >= 11 is 40.1. The largest absolute Gasteiger partial charge is 0.513 e. The molecule has 378 valence electrons. The fourth-order valence-corrected chi connectivity index (χ4v) is 7.35. The van der Waals surface area contributed by atoms with Crippen molar-refractivity contribution in [3.8, 4) is 11.5 Å². The van der Waals surface area contributed by atoms with Gasteiger partial charge in [-0.1, -0.05) is 87.8 Å². The number of halogens is 8. The van der Waals surface area contributed by atoms with Crippen molar-refractivity contribution >= 4 is 121 Å². The summed E-state index contributed by atoms with van der Waals surface area (Å²) in [6.07, 6.45) is 1.20. The summed E-state index contributed by atoms with van der Waals surface area (Å²) in [5.74, 6) is 0.300. The number of ether oxygens (including phenoxy) is 4. The highest BCUT2D eigenvalue weighted by molar-refractivity contribution is 6.61. The first-order chi connectivity index (χ1) is 34.3. The number of aryl methyl sites for hydroxylation is 1. The van der Waals surface area contributed by atoms with Crippen LogP contribution in [0.1, 0.15) is 28.9 Å². The number of aliphatic hydroxyl groups is 1. The summed E-state index contributed by atoms with van der Waals surface area (Å²) in [7, 11) is 0. The quantitative estimate of drug-likeness (QED) is 0.0321. The SMILES string of the molecule is O=C(CCc1nc2ccc(F)cc2[nH]1)OCCc1ccc(Cl)cc1Cl.O=C(Cl)Oc1ccc([N+](=O)[O-])cc1.O=C(OCCc1ccc(Cl)cc1Cl)Oc1ccc([N+](=O)[O-])cc1.OCCc1ccc(Cl)cc1Cl. The van der Waals surface area contributed by atoms with E-state index in [1.54, 1.807) is 48.5 Å². The summed E-state index contributed by atoms with van der Waals surface area (Å²) in [5.41, 5.74) is 2.73. The molecular formula is C48H38Cl7FN4O12. The molecule has 0 fully saturated rings. The minimum absolute atomic E-state index is 0.0747. The number of aromatic nitrogens is 2. The number of aromatic amines is 1. The van der Waals surface area contributed by atoms with Crippen molar-refractivity contribution in [1.29, 1.82) is 0 Å². The van der Waals surface area contributed by atoms with Crippen LogP contribution in [-0.2, 0) is 40.0 Å². The number of benzene rings is 6. The zero-order valence-corrected chi connectivity index (χ0v) is 42.3. The van der Waals surface area contributed by atoms with Gasteiger partial charge in [0.1, 0.15) is 23.1 Å².